The molecule has 0 aromatic carbocycles. The number of aryl methyl sites for hydroxylation is 1. The minimum Gasteiger partial charge on any atom is -0.369 e. The Balaban J connectivity index is 2.00. The van der Waals surface area contributed by atoms with E-state index in [0.29, 0.717) is 6.54 Å². The zero-order chi connectivity index (χ0) is 11.8. The van der Waals surface area contributed by atoms with Crippen LogP contribution < -0.4 is 5.32 Å². The molecule has 16 heavy (non-hydrogen) atoms. The van der Waals surface area contributed by atoms with Crippen molar-refractivity contribution in [2.75, 3.05) is 13.2 Å². The maximum atomic E-state index is 11.3. The van der Waals surface area contributed by atoms with Crippen molar-refractivity contribution >= 4 is 5.91 Å². The van der Waals surface area contributed by atoms with Crippen molar-refractivity contribution in [3.63, 3.8) is 0 Å². The van der Waals surface area contributed by atoms with E-state index in [4.69, 9.17) is 4.74 Å². The van der Waals surface area contributed by atoms with Gasteiger partial charge in [-0.25, -0.2) is 4.98 Å². The monoisotopic (exact) mass is 225 g/mol. The number of nitrogens with zero attached hydrogens (tertiary/aromatic N) is 2. The molecule has 0 bridgehead atoms. The lowest BCUT2D eigenvalue weighted by Crippen LogP contribution is -2.30. The number of hydrogen-bond acceptors (Lipinski definition) is 3. The SMILES string of the molecule is CC(C)OCC(=O)NCCCn1ccnc1. The number of carbonyl (C=O) groups excluding carboxylic acids is 1. The molecule has 1 aromatic heterocycles. The molecule has 0 saturated carbocycles. The number of ether oxygens (including phenoxy) is 1. The van der Waals surface area contributed by atoms with Gasteiger partial charge in [0.15, 0.2) is 0 Å². The molecule has 90 valence electrons. The zero-order valence-electron chi connectivity index (χ0n) is 9.85. The fraction of sp³-hybridized carbons (Fsp3) is 0.636. The average Bonchev–Trinajstić information content (AvgIpc) is 2.74. The summed E-state index contributed by atoms with van der Waals surface area (Å²) in [5.74, 6) is -0.0562. The molecule has 5 heteroatoms. The third-order valence-corrected chi connectivity index (χ3v) is 2.02. The molecule has 1 rings (SSSR count). The largest absolute Gasteiger partial charge is 0.369 e. The highest BCUT2D eigenvalue weighted by molar-refractivity contribution is 5.77. The maximum absolute atomic E-state index is 11.3. The van der Waals surface area contributed by atoms with E-state index in [0.717, 1.165) is 13.0 Å². The van der Waals surface area contributed by atoms with Crippen LogP contribution in [0.1, 0.15) is 20.3 Å². The molecule has 0 fully saturated rings. The summed E-state index contributed by atoms with van der Waals surface area (Å²) in [6.45, 7) is 5.49. The lowest BCUT2D eigenvalue weighted by Gasteiger charge is -2.08. The van der Waals surface area contributed by atoms with Crippen LogP contribution in [0, 0.1) is 0 Å². The second kappa shape index (κ2) is 7.00. The molecular formula is C11H19N3O2. The fourth-order valence-corrected chi connectivity index (χ4v) is 1.20. The Morgan fingerprint density at radius 3 is 3.00 bits per heavy atom. The number of carbonyl (C=O) groups is 1. The van der Waals surface area contributed by atoms with Gasteiger partial charge in [0.2, 0.25) is 5.91 Å². The predicted molar refractivity (Wildman–Crippen MR) is 60.9 cm³/mol. The lowest BCUT2D eigenvalue weighted by molar-refractivity contribution is -0.127. The topological polar surface area (TPSA) is 56.1 Å². The van der Waals surface area contributed by atoms with Crippen molar-refractivity contribution in [1.82, 2.24) is 14.9 Å². The molecule has 0 atom stereocenters. The first-order valence-corrected chi connectivity index (χ1v) is 5.52. The molecule has 0 aliphatic carbocycles. The van der Waals surface area contributed by atoms with Gasteiger partial charge in [0, 0.05) is 25.5 Å². The van der Waals surface area contributed by atoms with Crippen molar-refractivity contribution in [3.8, 4) is 0 Å². The third kappa shape index (κ3) is 5.50. The Kier molecular flexibility index (Phi) is 5.56. The number of imidazole rings is 1. The summed E-state index contributed by atoms with van der Waals surface area (Å²) in [6.07, 6.45) is 6.41. The second-order valence-electron chi connectivity index (χ2n) is 3.86. The molecule has 0 aliphatic heterocycles. The highest BCUT2D eigenvalue weighted by Gasteiger charge is 2.01. The fourth-order valence-electron chi connectivity index (χ4n) is 1.20. The quantitative estimate of drug-likeness (QED) is 0.699. The maximum Gasteiger partial charge on any atom is 0.246 e. The summed E-state index contributed by atoms with van der Waals surface area (Å²) >= 11 is 0. The molecule has 5 nitrogen and oxygen atoms in total. The van der Waals surface area contributed by atoms with Gasteiger partial charge in [-0.05, 0) is 20.3 Å². The van der Waals surface area contributed by atoms with Crippen LogP contribution >= 0.6 is 0 Å². The Hall–Kier alpha value is -1.36. The van der Waals surface area contributed by atoms with Gasteiger partial charge >= 0.3 is 0 Å². The van der Waals surface area contributed by atoms with Gasteiger partial charge in [0.25, 0.3) is 0 Å². The first-order chi connectivity index (χ1) is 7.68. The van der Waals surface area contributed by atoms with E-state index in [-0.39, 0.29) is 18.6 Å². The number of nitrogens with one attached hydrogen (secondary N) is 1. The van der Waals surface area contributed by atoms with Crippen LogP contribution in [-0.4, -0.2) is 34.7 Å². The molecule has 0 aliphatic rings. The number of hydrogen-bond donors (Lipinski definition) is 1. The number of amides is 1. The molecular weight excluding hydrogens is 206 g/mol. The first kappa shape index (κ1) is 12.7. The summed E-state index contributed by atoms with van der Waals surface area (Å²) in [5, 5.41) is 2.80. The Morgan fingerprint density at radius 1 is 1.56 bits per heavy atom. The molecule has 0 spiro atoms. The van der Waals surface area contributed by atoms with Crippen LogP contribution in [-0.2, 0) is 16.1 Å². The van der Waals surface area contributed by atoms with E-state index in [1.807, 2.05) is 24.6 Å². The summed E-state index contributed by atoms with van der Waals surface area (Å²) in [4.78, 5) is 15.2. The van der Waals surface area contributed by atoms with Gasteiger partial charge < -0.3 is 14.6 Å². The van der Waals surface area contributed by atoms with Crippen LogP contribution in [0.4, 0.5) is 0 Å². The van der Waals surface area contributed by atoms with Crippen LogP contribution in [0.25, 0.3) is 0 Å². The van der Waals surface area contributed by atoms with Gasteiger partial charge in [-0.3, -0.25) is 4.79 Å². The van der Waals surface area contributed by atoms with Crippen LogP contribution in [0.5, 0.6) is 0 Å². The van der Waals surface area contributed by atoms with Crippen molar-refractivity contribution in [2.24, 2.45) is 0 Å². The average molecular weight is 225 g/mol. The number of aromatic nitrogens is 2. The van der Waals surface area contributed by atoms with E-state index >= 15 is 0 Å². The van der Waals surface area contributed by atoms with Crippen LogP contribution in [0.15, 0.2) is 18.7 Å². The van der Waals surface area contributed by atoms with Gasteiger partial charge in [-0.1, -0.05) is 0 Å². The molecule has 0 unspecified atom stereocenters. The standard InChI is InChI=1S/C11H19N3O2/c1-10(2)16-8-11(15)13-4-3-6-14-7-5-12-9-14/h5,7,9-10H,3-4,6,8H2,1-2H3,(H,13,15). The second-order valence-corrected chi connectivity index (χ2v) is 3.86. The summed E-state index contributed by atoms with van der Waals surface area (Å²) in [6, 6.07) is 0. The van der Waals surface area contributed by atoms with Crippen molar-refractivity contribution in [2.45, 2.75) is 32.9 Å². The van der Waals surface area contributed by atoms with Gasteiger partial charge in [-0.2, -0.15) is 0 Å². The molecule has 0 saturated heterocycles. The minimum absolute atomic E-state index is 0.0562. The van der Waals surface area contributed by atoms with E-state index in [1.54, 1.807) is 12.5 Å². The third-order valence-electron chi connectivity index (χ3n) is 2.02. The summed E-state index contributed by atoms with van der Waals surface area (Å²) in [7, 11) is 0. The minimum atomic E-state index is -0.0562. The van der Waals surface area contributed by atoms with Gasteiger partial charge in [0.05, 0.1) is 12.4 Å². The molecule has 1 amide bonds. The predicted octanol–water partition coefficient (Wildman–Crippen LogP) is 0.814. The van der Waals surface area contributed by atoms with Crippen molar-refractivity contribution in [3.05, 3.63) is 18.7 Å². The highest BCUT2D eigenvalue weighted by Crippen LogP contribution is 1.90. The van der Waals surface area contributed by atoms with Gasteiger partial charge in [0.1, 0.15) is 6.61 Å². The first-order valence-electron chi connectivity index (χ1n) is 5.52. The number of rotatable bonds is 7. The highest BCUT2D eigenvalue weighted by atomic mass is 16.5. The smallest absolute Gasteiger partial charge is 0.246 e. The molecule has 1 heterocycles. The molecule has 0 radical (unpaired) electrons. The van der Waals surface area contributed by atoms with Crippen molar-refractivity contribution in [1.29, 1.82) is 0 Å². The zero-order valence-corrected chi connectivity index (χ0v) is 9.85. The summed E-state index contributed by atoms with van der Waals surface area (Å²) < 4.78 is 7.16. The Labute approximate surface area is 95.8 Å². The Morgan fingerprint density at radius 2 is 2.38 bits per heavy atom. The van der Waals surface area contributed by atoms with Crippen LogP contribution in [0.2, 0.25) is 0 Å². The van der Waals surface area contributed by atoms with E-state index < -0.39 is 0 Å². The van der Waals surface area contributed by atoms with E-state index in [1.165, 1.54) is 0 Å². The van der Waals surface area contributed by atoms with Crippen LogP contribution in [0.3, 0.4) is 0 Å². The van der Waals surface area contributed by atoms with E-state index in [9.17, 15) is 4.79 Å². The molecule has 1 N–H and O–H groups in total. The summed E-state index contributed by atoms with van der Waals surface area (Å²) in [5.41, 5.74) is 0. The van der Waals surface area contributed by atoms with E-state index in [2.05, 4.69) is 10.3 Å². The Bertz CT molecular complexity index is 296. The lowest BCUT2D eigenvalue weighted by atomic mass is 10.4. The van der Waals surface area contributed by atoms with Crippen molar-refractivity contribution < 1.29 is 9.53 Å². The van der Waals surface area contributed by atoms with Gasteiger partial charge in [-0.15, -0.1) is 0 Å². The normalized spacial score (nSPS) is 10.7. The molecule has 1 aromatic rings.